The van der Waals surface area contributed by atoms with Gasteiger partial charge < -0.3 is 5.32 Å². The molecule has 68 valence electrons. The van der Waals surface area contributed by atoms with Crippen LogP contribution >= 0.6 is 38.5 Å². The molecule has 0 spiro atoms. The molecule has 0 aromatic carbocycles. The molecule has 1 aliphatic heterocycles. The highest BCUT2D eigenvalue weighted by Gasteiger charge is 2.13. The van der Waals surface area contributed by atoms with Crippen molar-refractivity contribution >= 4 is 49.9 Å². The second kappa shape index (κ2) is 3.96. The highest BCUT2D eigenvalue weighted by molar-refractivity contribution is 14.1. The Bertz CT molecular complexity index is 363. The summed E-state index contributed by atoms with van der Waals surface area (Å²) < 4.78 is 3.01. The number of pyridine rings is 1. The van der Waals surface area contributed by atoms with Crippen LogP contribution in [0.15, 0.2) is 20.8 Å². The van der Waals surface area contributed by atoms with Crippen molar-refractivity contribution in [1.82, 2.24) is 4.98 Å². The number of hydrogen-bond donors (Lipinski definition) is 1. The Morgan fingerprint density at radius 2 is 2.38 bits per heavy atom. The maximum Gasteiger partial charge on any atom is 0.134 e. The van der Waals surface area contributed by atoms with Crippen LogP contribution in [0.2, 0.25) is 0 Å². The average molecular weight is 351 g/mol. The van der Waals surface area contributed by atoms with Gasteiger partial charge >= 0.3 is 0 Å². The molecule has 1 aliphatic rings. The van der Waals surface area contributed by atoms with Gasteiger partial charge in [-0.25, -0.2) is 4.98 Å². The molecule has 0 atom stereocenters. The Kier molecular flexibility index (Phi) is 2.88. The Morgan fingerprint density at radius 1 is 1.54 bits per heavy atom. The monoisotopic (exact) mass is 350 g/mol. The summed E-state index contributed by atoms with van der Waals surface area (Å²) in [7, 11) is 0. The number of nitrogens with zero attached hydrogens (tertiary/aromatic N) is 1. The summed E-state index contributed by atoms with van der Waals surface area (Å²) in [5.41, 5.74) is 2.60. The van der Waals surface area contributed by atoms with Gasteiger partial charge in [-0.3, -0.25) is 0 Å². The molecule has 2 nitrogen and oxygen atoms in total. The maximum atomic E-state index is 4.37. The summed E-state index contributed by atoms with van der Waals surface area (Å²) in [5.74, 6) is 0.989. The molecule has 0 bridgehead atoms. The van der Waals surface area contributed by atoms with Crippen LogP contribution in [0.1, 0.15) is 12.0 Å². The van der Waals surface area contributed by atoms with Gasteiger partial charge in [0.2, 0.25) is 0 Å². The van der Waals surface area contributed by atoms with E-state index in [4.69, 9.17) is 0 Å². The van der Waals surface area contributed by atoms with Gasteiger partial charge in [-0.2, -0.15) is 0 Å². The molecular weight excluding hydrogens is 343 g/mol. The largest absolute Gasteiger partial charge is 0.369 e. The van der Waals surface area contributed by atoms with Crippen LogP contribution in [0, 0.1) is 0 Å². The Morgan fingerprint density at radius 3 is 3.15 bits per heavy atom. The first-order valence-corrected chi connectivity index (χ1v) is 6.05. The van der Waals surface area contributed by atoms with Crippen LogP contribution in [0.3, 0.4) is 0 Å². The average Bonchev–Trinajstić information content (AvgIpc) is 2.16. The molecule has 0 aliphatic carbocycles. The van der Waals surface area contributed by atoms with Gasteiger partial charge in [-0.05, 0) is 44.1 Å². The normalized spacial score (nSPS) is 18.2. The number of rotatable bonds is 0. The first kappa shape index (κ1) is 9.45. The van der Waals surface area contributed by atoms with E-state index in [0.29, 0.717) is 0 Å². The van der Waals surface area contributed by atoms with E-state index in [-0.39, 0.29) is 0 Å². The summed E-state index contributed by atoms with van der Waals surface area (Å²) in [4.78, 5) is 4.37. The number of hydrogen-bond acceptors (Lipinski definition) is 2. The topological polar surface area (TPSA) is 24.9 Å². The van der Waals surface area contributed by atoms with Gasteiger partial charge in [0.05, 0.1) is 0 Å². The third-order valence-corrected chi connectivity index (χ3v) is 3.22. The Hall–Kier alpha value is -0.100. The van der Waals surface area contributed by atoms with E-state index >= 15 is 0 Å². The molecule has 0 saturated carbocycles. The number of anilines is 1. The van der Waals surface area contributed by atoms with Gasteiger partial charge in [0.25, 0.3) is 0 Å². The zero-order valence-corrected chi connectivity index (χ0v) is 10.6. The highest BCUT2D eigenvalue weighted by atomic mass is 127. The molecule has 0 unspecified atom stereocenters. The molecule has 13 heavy (non-hydrogen) atoms. The number of nitrogens with one attached hydrogen (secondary N) is 1. The first-order chi connectivity index (χ1) is 6.31. The molecule has 1 N–H and O–H groups in total. The van der Waals surface area contributed by atoms with E-state index in [9.17, 15) is 0 Å². The van der Waals surface area contributed by atoms with Crippen LogP contribution in [0.5, 0.6) is 0 Å². The predicted octanol–water partition coefficient (Wildman–Crippen LogP) is 3.44. The molecule has 0 fully saturated rings. The van der Waals surface area contributed by atoms with Crippen molar-refractivity contribution in [3.63, 3.8) is 0 Å². The smallest absolute Gasteiger partial charge is 0.134 e. The SMILES string of the molecule is Brc1ccc2c(n1)NCCC2=CI. The highest BCUT2D eigenvalue weighted by Crippen LogP contribution is 2.30. The summed E-state index contributed by atoms with van der Waals surface area (Å²) >= 11 is 5.64. The quantitative estimate of drug-likeness (QED) is 0.572. The zero-order chi connectivity index (χ0) is 9.26. The molecule has 0 radical (unpaired) electrons. The number of fused-ring (bicyclic) bond motifs is 1. The zero-order valence-electron chi connectivity index (χ0n) is 6.85. The van der Waals surface area contributed by atoms with Crippen molar-refractivity contribution in [1.29, 1.82) is 0 Å². The second-order valence-corrected chi connectivity index (χ2v) is 4.28. The van der Waals surface area contributed by atoms with Crippen molar-refractivity contribution in [3.05, 3.63) is 26.4 Å². The van der Waals surface area contributed by atoms with Crippen LogP contribution in [-0.2, 0) is 0 Å². The van der Waals surface area contributed by atoms with Gasteiger partial charge in [0.15, 0.2) is 0 Å². The van der Waals surface area contributed by atoms with Gasteiger partial charge in [-0.1, -0.05) is 22.6 Å². The maximum absolute atomic E-state index is 4.37. The fraction of sp³-hybridized carbons (Fsp3) is 0.222. The fourth-order valence-corrected chi connectivity index (χ4v) is 2.35. The van der Waals surface area contributed by atoms with Crippen LogP contribution in [-0.4, -0.2) is 11.5 Å². The third-order valence-electron chi connectivity index (χ3n) is 2.03. The van der Waals surface area contributed by atoms with E-state index in [1.807, 2.05) is 6.07 Å². The summed E-state index contributed by atoms with van der Waals surface area (Å²) in [6.07, 6.45) is 1.08. The lowest BCUT2D eigenvalue weighted by atomic mass is 10.0. The lowest BCUT2D eigenvalue weighted by Gasteiger charge is -2.19. The van der Waals surface area contributed by atoms with E-state index in [1.165, 1.54) is 11.1 Å². The van der Waals surface area contributed by atoms with Crippen LogP contribution < -0.4 is 5.32 Å². The molecular formula is C9H8BrIN2. The Labute approximate surface area is 99.1 Å². The standard InChI is InChI=1S/C9H8BrIN2/c10-8-2-1-7-6(5-11)3-4-12-9(7)13-8/h1-2,5H,3-4H2,(H,12,13). The van der Waals surface area contributed by atoms with Gasteiger partial charge in [0.1, 0.15) is 10.4 Å². The molecule has 0 amide bonds. The summed E-state index contributed by atoms with van der Waals surface area (Å²) in [6, 6.07) is 4.08. The summed E-state index contributed by atoms with van der Waals surface area (Å²) in [5, 5.41) is 3.28. The van der Waals surface area contributed by atoms with Gasteiger partial charge in [0, 0.05) is 12.1 Å². The molecule has 2 rings (SSSR count). The minimum absolute atomic E-state index is 0.883. The van der Waals surface area contributed by atoms with Crippen molar-refractivity contribution in [2.24, 2.45) is 0 Å². The first-order valence-electron chi connectivity index (χ1n) is 4.01. The third kappa shape index (κ3) is 1.88. The van der Waals surface area contributed by atoms with Crippen molar-refractivity contribution in [3.8, 4) is 0 Å². The van der Waals surface area contributed by atoms with Gasteiger partial charge in [-0.15, -0.1) is 0 Å². The van der Waals surface area contributed by atoms with Crippen molar-refractivity contribution in [2.45, 2.75) is 6.42 Å². The lowest BCUT2D eigenvalue weighted by molar-refractivity contribution is 1.02. The number of aromatic nitrogens is 1. The summed E-state index contributed by atoms with van der Waals surface area (Å²) in [6.45, 7) is 0.977. The molecule has 1 aromatic rings. The predicted molar refractivity (Wildman–Crippen MR) is 67.0 cm³/mol. The van der Waals surface area contributed by atoms with Crippen molar-refractivity contribution < 1.29 is 0 Å². The minimum atomic E-state index is 0.883. The molecule has 4 heteroatoms. The lowest BCUT2D eigenvalue weighted by Crippen LogP contribution is -2.12. The van der Waals surface area contributed by atoms with E-state index in [1.54, 1.807) is 0 Å². The Balaban J connectivity index is 2.52. The fourth-order valence-electron chi connectivity index (χ4n) is 1.39. The van der Waals surface area contributed by atoms with Crippen molar-refractivity contribution in [2.75, 3.05) is 11.9 Å². The van der Waals surface area contributed by atoms with E-state index in [0.717, 1.165) is 23.4 Å². The van der Waals surface area contributed by atoms with E-state index in [2.05, 4.69) is 59.0 Å². The number of halogens is 2. The van der Waals surface area contributed by atoms with Crippen LogP contribution in [0.4, 0.5) is 5.82 Å². The molecule has 2 heterocycles. The van der Waals surface area contributed by atoms with E-state index < -0.39 is 0 Å². The minimum Gasteiger partial charge on any atom is -0.369 e. The van der Waals surface area contributed by atoms with Crippen LogP contribution in [0.25, 0.3) is 5.57 Å². The molecule has 1 aromatic heterocycles. The second-order valence-electron chi connectivity index (χ2n) is 2.84. The molecule has 0 saturated heterocycles.